The predicted molar refractivity (Wildman–Crippen MR) is 113 cm³/mol. The molecule has 0 bridgehead atoms. The van der Waals surface area contributed by atoms with Gasteiger partial charge in [-0.3, -0.25) is 9.59 Å². The lowest BCUT2D eigenvalue weighted by molar-refractivity contribution is -0.131. The number of likely N-dealkylation sites (tertiary alicyclic amines) is 1. The van der Waals surface area contributed by atoms with Gasteiger partial charge in [-0.2, -0.15) is 0 Å². The molecule has 1 aromatic heterocycles. The maximum absolute atomic E-state index is 13.0. The molecule has 4 rings (SSSR count). The second-order valence-electron chi connectivity index (χ2n) is 7.25. The quantitative estimate of drug-likeness (QED) is 0.675. The van der Waals surface area contributed by atoms with E-state index in [1.54, 1.807) is 0 Å². The first-order chi connectivity index (χ1) is 14.6. The summed E-state index contributed by atoms with van der Waals surface area (Å²) >= 11 is 1.24. The molecule has 1 saturated heterocycles. The first-order valence-electron chi connectivity index (χ1n) is 9.80. The molecule has 2 heterocycles. The lowest BCUT2D eigenvalue weighted by Gasteiger charge is -2.31. The Morgan fingerprint density at radius 3 is 2.63 bits per heavy atom. The van der Waals surface area contributed by atoms with Crippen LogP contribution in [0.3, 0.4) is 0 Å². The monoisotopic (exact) mass is 424 g/mol. The third kappa shape index (κ3) is 4.88. The van der Waals surface area contributed by atoms with E-state index in [1.807, 2.05) is 35.2 Å². The van der Waals surface area contributed by atoms with Crippen LogP contribution in [0.25, 0.3) is 0 Å². The van der Waals surface area contributed by atoms with E-state index in [0.29, 0.717) is 18.7 Å². The number of carbonyl (C=O) groups is 2. The van der Waals surface area contributed by atoms with Crippen molar-refractivity contribution in [1.29, 1.82) is 0 Å². The van der Waals surface area contributed by atoms with Crippen molar-refractivity contribution in [3.63, 3.8) is 0 Å². The predicted octanol–water partition coefficient (Wildman–Crippen LogP) is 3.88. The van der Waals surface area contributed by atoms with Gasteiger partial charge in [0.2, 0.25) is 10.9 Å². The fourth-order valence-electron chi connectivity index (χ4n) is 3.50. The standard InChI is InChI=1S/C22H21FN4O2S/c23-17-8-10-18(11-9-17)24-20(29)22-26-25-21(30-22)16-7-4-12-27(14-16)19(28)13-15-5-2-1-3-6-15/h1-3,5-6,8-11,16H,4,7,12-14H2,(H,24,29)/t16-/m1/s1. The number of carbonyl (C=O) groups excluding carboxylic acids is 2. The second kappa shape index (κ2) is 9.13. The zero-order chi connectivity index (χ0) is 20.9. The van der Waals surface area contributed by atoms with Crippen molar-refractivity contribution >= 4 is 28.8 Å². The second-order valence-corrected chi connectivity index (χ2v) is 8.26. The number of halogens is 1. The Hall–Kier alpha value is -3.13. The van der Waals surface area contributed by atoms with Crippen molar-refractivity contribution in [2.75, 3.05) is 18.4 Å². The molecule has 154 valence electrons. The number of nitrogens with one attached hydrogen (secondary N) is 1. The lowest BCUT2D eigenvalue weighted by atomic mass is 9.98. The van der Waals surface area contributed by atoms with Crippen LogP contribution in [0, 0.1) is 5.82 Å². The molecular weight excluding hydrogens is 403 g/mol. The highest BCUT2D eigenvalue weighted by Gasteiger charge is 2.28. The van der Waals surface area contributed by atoms with Gasteiger partial charge in [0.05, 0.1) is 6.42 Å². The van der Waals surface area contributed by atoms with Crippen molar-refractivity contribution < 1.29 is 14.0 Å². The molecule has 0 aliphatic carbocycles. The minimum absolute atomic E-state index is 0.0725. The highest BCUT2D eigenvalue weighted by Crippen LogP contribution is 2.29. The summed E-state index contributed by atoms with van der Waals surface area (Å²) in [6.45, 7) is 1.32. The van der Waals surface area contributed by atoms with Gasteiger partial charge in [0.25, 0.3) is 5.91 Å². The Balaban J connectivity index is 1.38. The molecule has 2 aromatic carbocycles. The highest BCUT2D eigenvalue weighted by molar-refractivity contribution is 7.13. The molecule has 6 nitrogen and oxygen atoms in total. The number of benzene rings is 2. The summed E-state index contributed by atoms with van der Waals surface area (Å²) in [5.74, 6) is -0.568. The Morgan fingerprint density at radius 2 is 1.87 bits per heavy atom. The third-order valence-electron chi connectivity index (χ3n) is 5.06. The van der Waals surface area contributed by atoms with Gasteiger partial charge in [-0.1, -0.05) is 41.7 Å². The molecule has 1 N–H and O–H groups in total. The topological polar surface area (TPSA) is 75.2 Å². The smallest absolute Gasteiger partial charge is 0.286 e. The molecule has 1 aliphatic rings. The molecule has 0 saturated carbocycles. The summed E-state index contributed by atoms with van der Waals surface area (Å²) < 4.78 is 13.0. The number of amides is 2. The first kappa shape index (κ1) is 20.2. The fourth-order valence-corrected chi connectivity index (χ4v) is 4.36. The lowest BCUT2D eigenvalue weighted by Crippen LogP contribution is -2.39. The highest BCUT2D eigenvalue weighted by atomic mass is 32.1. The summed E-state index contributed by atoms with van der Waals surface area (Å²) in [6.07, 6.45) is 2.18. The Bertz CT molecular complexity index is 1020. The molecule has 30 heavy (non-hydrogen) atoms. The van der Waals surface area contributed by atoms with Crippen LogP contribution >= 0.6 is 11.3 Å². The molecule has 1 atom stereocenters. The molecule has 0 spiro atoms. The van der Waals surface area contributed by atoms with Crippen LogP contribution in [-0.4, -0.2) is 40.0 Å². The van der Waals surface area contributed by atoms with E-state index >= 15 is 0 Å². The van der Waals surface area contributed by atoms with Crippen LogP contribution < -0.4 is 5.32 Å². The first-order valence-corrected chi connectivity index (χ1v) is 10.6. The summed E-state index contributed by atoms with van der Waals surface area (Å²) in [6, 6.07) is 15.3. The van der Waals surface area contributed by atoms with Crippen molar-refractivity contribution in [1.82, 2.24) is 15.1 Å². The molecule has 3 aromatic rings. The minimum Gasteiger partial charge on any atom is -0.342 e. The molecule has 2 amide bonds. The van der Waals surface area contributed by atoms with Crippen LogP contribution in [0.2, 0.25) is 0 Å². The average Bonchev–Trinajstić information content (AvgIpc) is 3.27. The molecule has 0 unspecified atom stereocenters. The average molecular weight is 425 g/mol. The maximum atomic E-state index is 13.0. The van der Waals surface area contributed by atoms with Crippen LogP contribution in [-0.2, 0) is 11.2 Å². The van der Waals surface area contributed by atoms with Gasteiger partial charge in [-0.05, 0) is 42.7 Å². The van der Waals surface area contributed by atoms with E-state index < -0.39 is 0 Å². The molecule has 8 heteroatoms. The van der Waals surface area contributed by atoms with Crippen LogP contribution in [0.15, 0.2) is 54.6 Å². The van der Waals surface area contributed by atoms with Gasteiger partial charge in [-0.15, -0.1) is 10.2 Å². The molecule has 0 radical (unpaired) electrons. The fraction of sp³-hybridized carbons (Fsp3) is 0.273. The summed E-state index contributed by atoms with van der Waals surface area (Å²) in [4.78, 5) is 27.0. The normalized spacial score (nSPS) is 16.3. The SMILES string of the molecule is O=C(Nc1ccc(F)cc1)c1nnc([C@@H]2CCCN(C(=O)Cc3ccccc3)C2)s1. The zero-order valence-corrected chi connectivity index (χ0v) is 17.1. The van der Waals surface area contributed by atoms with E-state index in [9.17, 15) is 14.0 Å². The number of piperidine rings is 1. The molecular formula is C22H21FN4O2S. The zero-order valence-electron chi connectivity index (χ0n) is 16.3. The number of anilines is 1. The van der Waals surface area contributed by atoms with Crippen molar-refractivity contribution in [3.8, 4) is 0 Å². The number of rotatable bonds is 5. The van der Waals surface area contributed by atoms with Crippen LogP contribution in [0.1, 0.15) is 39.1 Å². The van der Waals surface area contributed by atoms with Crippen molar-refractivity contribution in [3.05, 3.63) is 76.0 Å². The Labute approximate surface area is 177 Å². The minimum atomic E-state index is -0.377. The Kier molecular flexibility index (Phi) is 6.13. The van der Waals surface area contributed by atoms with Gasteiger partial charge in [0.15, 0.2) is 0 Å². The van der Waals surface area contributed by atoms with E-state index in [2.05, 4.69) is 15.5 Å². The maximum Gasteiger partial charge on any atom is 0.286 e. The van der Waals surface area contributed by atoms with Crippen LogP contribution in [0.5, 0.6) is 0 Å². The molecule has 1 aliphatic heterocycles. The third-order valence-corrected chi connectivity index (χ3v) is 6.14. The Morgan fingerprint density at radius 1 is 1.10 bits per heavy atom. The number of hydrogen-bond donors (Lipinski definition) is 1. The van der Waals surface area contributed by atoms with Gasteiger partial charge >= 0.3 is 0 Å². The van der Waals surface area contributed by atoms with Gasteiger partial charge in [-0.25, -0.2) is 4.39 Å². The number of hydrogen-bond acceptors (Lipinski definition) is 5. The van der Waals surface area contributed by atoms with Gasteiger partial charge in [0.1, 0.15) is 10.8 Å². The molecule has 1 fully saturated rings. The van der Waals surface area contributed by atoms with Gasteiger partial charge < -0.3 is 10.2 Å². The van der Waals surface area contributed by atoms with Crippen molar-refractivity contribution in [2.24, 2.45) is 0 Å². The van der Waals surface area contributed by atoms with Gasteiger partial charge in [0, 0.05) is 24.7 Å². The number of aromatic nitrogens is 2. The van der Waals surface area contributed by atoms with E-state index in [4.69, 9.17) is 0 Å². The van der Waals surface area contributed by atoms with Crippen LogP contribution in [0.4, 0.5) is 10.1 Å². The summed E-state index contributed by atoms with van der Waals surface area (Å²) in [5.41, 5.74) is 1.49. The van der Waals surface area contributed by atoms with Crippen molar-refractivity contribution in [2.45, 2.75) is 25.2 Å². The van der Waals surface area contributed by atoms with E-state index in [-0.39, 0.29) is 28.6 Å². The van der Waals surface area contributed by atoms with E-state index in [0.717, 1.165) is 30.0 Å². The number of nitrogens with zero attached hydrogens (tertiary/aromatic N) is 3. The van der Waals surface area contributed by atoms with E-state index in [1.165, 1.54) is 35.6 Å². The summed E-state index contributed by atoms with van der Waals surface area (Å²) in [7, 11) is 0. The largest absolute Gasteiger partial charge is 0.342 e. The summed E-state index contributed by atoms with van der Waals surface area (Å²) in [5, 5.41) is 11.9.